The average molecular weight is 303 g/mol. The van der Waals surface area contributed by atoms with Crippen LogP contribution < -0.4 is 10.6 Å². The van der Waals surface area contributed by atoms with E-state index in [0.29, 0.717) is 11.6 Å². The zero-order valence-corrected chi connectivity index (χ0v) is 13.0. The normalized spacial score (nSPS) is 12.2. The van der Waals surface area contributed by atoms with Crippen LogP contribution in [0, 0.1) is 5.92 Å². The lowest BCUT2D eigenvalue weighted by Crippen LogP contribution is -2.34. The van der Waals surface area contributed by atoms with Crippen molar-refractivity contribution in [2.75, 3.05) is 44.4 Å². The van der Waals surface area contributed by atoms with Crippen molar-refractivity contribution in [2.24, 2.45) is 5.92 Å². The summed E-state index contributed by atoms with van der Waals surface area (Å²) in [6.07, 6.45) is -4.36. The van der Waals surface area contributed by atoms with Crippen molar-refractivity contribution in [2.45, 2.75) is 20.0 Å². The number of anilines is 2. The minimum Gasteiger partial charge on any atom is -0.397 e. The fraction of sp³-hybridized carbons (Fsp3) is 0.600. The quantitative estimate of drug-likeness (QED) is 0.818. The van der Waals surface area contributed by atoms with Crippen molar-refractivity contribution in [1.82, 2.24) is 4.90 Å². The molecule has 120 valence electrons. The molecule has 0 atom stereocenters. The predicted octanol–water partition coefficient (Wildman–Crippen LogP) is 3.31. The van der Waals surface area contributed by atoms with Gasteiger partial charge in [-0.15, -0.1) is 0 Å². The average Bonchev–Trinajstić information content (AvgIpc) is 2.32. The molecule has 0 radical (unpaired) electrons. The number of rotatable bonds is 6. The van der Waals surface area contributed by atoms with E-state index in [1.807, 2.05) is 23.9 Å². The van der Waals surface area contributed by atoms with E-state index in [1.165, 1.54) is 6.07 Å². The minimum absolute atomic E-state index is 0.171. The molecule has 0 heterocycles. The molecule has 0 saturated heterocycles. The molecule has 1 aromatic carbocycles. The number of likely N-dealkylation sites (N-methyl/N-ethyl adjacent to an activating group) is 1. The van der Waals surface area contributed by atoms with E-state index >= 15 is 0 Å². The maximum absolute atomic E-state index is 12.7. The van der Waals surface area contributed by atoms with Gasteiger partial charge in [0, 0.05) is 19.6 Å². The molecular weight excluding hydrogens is 279 g/mol. The predicted molar refractivity (Wildman–Crippen MR) is 81.5 cm³/mol. The van der Waals surface area contributed by atoms with Gasteiger partial charge >= 0.3 is 6.18 Å². The van der Waals surface area contributed by atoms with Gasteiger partial charge in [0.25, 0.3) is 0 Å². The van der Waals surface area contributed by atoms with Crippen molar-refractivity contribution in [1.29, 1.82) is 0 Å². The number of hydrogen-bond donors (Lipinski definition) is 1. The molecule has 1 rings (SSSR count). The van der Waals surface area contributed by atoms with Crippen LogP contribution in [0.3, 0.4) is 0 Å². The third kappa shape index (κ3) is 5.46. The Morgan fingerprint density at radius 3 is 2.19 bits per heavy atom. The van der Waals surface area contributed by atoms with Gasteiger partial charge in [0.1, 0.15) is 0 Å². The topological polar surface area (TPSA) is 32.5 Å². The number of nitrogens with two attached hydrogens (primary N) is 1. The fourth-order valence-corrected chi connectivity index (χ4v) is 2.09. The Balaban J connectivity index is 3.01. The Labute approximate surface area is 124 Å². The van der Waals surface area contributed by atoms with Crippen molar-refractivity contribution < 1.29 is 13.2 Å². The summed E-state index contributed by atoms with van der Waals surface area (Å²) in [6.45, 7) is 6.43. The van der Waals surface area contributed by atoms with E-state index in [0.717, 1.165) is 31.8 Å². The molecule has 0 amide bonds. The van der Waals surface area contributed by atoms with Crippen LogP contribution in [0.5, 0.6) is 0 Å². The minimum atomic E-state index is -4.36. The van der Waals surface area contributed by atoms with Crippen LogP contribution >= 0.6 is 0 Å². The summed E-state index contributed by atoms with van der Waals surface area (Å²) < 4.78 is 38.1. The molecule has 0 aliphatic heterocycles. The van der Waals surface area contributed by atoms with E-state index in [1.54, 1.807) is 0 Å². The standard InChI is InChI=1S/C15H24F3N3/c1-11(2)10-21(8-7-20(3)4)14-6-5-12(9-13(14)19)15(16,17)18/h5-6,9,11H,7-8,10,19H2,1-4H3. The fourth-order valence-electron chi connectivity index (χ4n) is 2.09. The SMILES string of the molecule is CC(C)CN(CCN(C)C)c1ccc(C(F)(F)F)cc1N. The van der Waals surface area contributed by atoms with Crippen molar-refractivity contribution in [3.63, 3.8) is 0 Å². The molecule has 0 spiro atoms. The third-order valence-corrected chi connectivity index (χ3v) is 3.10. The lowest BCUT2D eigenvalue weighted by molar-refractivity contribution is -0.137. The number of hydrogen-bond acceptors (Lipinski definition) is 3. The van der Waals surface area contributed by atoms with Gasteiger partial charge in [0.05, 0.1) is 16.9 Å². The molecular formula is C15H24F3N3. The Morgan fingerprint density at radius 2 is 1.76 bits per heavy atom. The first kappa shape index (κ1) is 17.6. The summed E-state index contributed by atoms with van der Waals surface area (Å²) in [4.78, 5) is 4.08. The van der Waals surface area contributed by atoms with Gasteiger partial charge in [-0.25, -0.2) is 0 Å². The Kier molecular flexibility index (Phi) is 5.89. The highest BCUT2D eigenvalue weighted by molar-refractivity contribution is 5.68. The summed E-state index contributed by atoms with van der Waals surface area (Å²) in [6, 6.07) is 3.57. The van der Waals surface area contributed by atoms with Crippen molar-refractivity contribution >= 4 is 11.4 Å². The Morgan fingerprint density at radius 1 is 1.14 bits per heavy atom. The van der Waals surface area contributed by atoms with Crippen LogP contribution in [-0.4, -0.2) is 38.6 Å². The van der Waals surface area contributed by atoms with Crippen LogP contribution in [0.25, 0.3) is 0 Å². The van der Waals surface area contributed by atoms with E-state index < -0.39 is 11.7 Å². The summed E-state index contributed by atoms with van der Waals surface area (Å²) >= 11 is 0. The van der Waals surface area contributed by atoms with Crippen LogP contribution in [0.4, 0.5) is 24.5 Å². The molecule has 3 nitrogen and oxygen atoms in total. The summed E-state index contributed by atoms with van der Waals surface area (Å²) in [5.41, 5.74) is 5.97. The zero-order valence-electron chi connectivity index (χ0n) is 13.0. The number of halogens is 3. The second-order valence-corrected chi connectivity index (χ2v) is 5.91. The molecule has 0 unspecified atom stereocenters. The molecule has 0 aliphatic carbocycles. The van der Waals surface area contributed by atoms with Crippen LogP contribution in [0.1, 0.15) is 19.4 Å². The van der Waals surface area contributed by atoms with Gasteiger partial charge in [-0.2, -0.15) is 13.2 Å². The van der Waals surface area contributed by atoms with Gasteiger partial charge in [-0.3, -0.25) is 0 Å². The van der Waals surface area contributed by atoms with Gasteiger partial charge in [0.2, 0.25) is 0 Å². The van der Waals surface area contributed by atoms with Gasteiger partial charge in [-0.1, -0.05) is 13.8 Å². The first-order chi connectivity index (χ1) is 9.61. The van der Waals surface area contributed by atoms with Gasteiger partial charge in [0.15, 0.2) is 0 Å². The summed E-state index contributed by atoms with van der Waals surface area (Å²) in [7, 11) is 3.92. The number of nitrogens with zero attached hydrogens (tertiary/aromatic N) is 2. The second-order valence-electron chi connectivity index (χ2n) is 5.91. The number of alkyl halides is 3. The monoisotopic (exact) mass is 303 g/mol. The molecule has 0 saturated carbocycles. The van der Waals surface area contributed by atoms with E-state index in [-0.39, 0.29) is 5.69 Å². The molecule has 0 fully saturated rings. The molecule has 0 bridgehead atoms. The van der Waals surface area contributed by atoms with E-state index in [4.69, 9.17) is 5.73 Å². The lowest BCUT2D eigenvalue weighted by Gasteiger charge is -2.29. The molecule has 2 N–H and O–H groups in total. The summed E-state index contributed by atoms with van der Waals surface area (Å²) in [5, 5.41) is 0. The first-order valence-electron chi connectivity index (χ1n) is 6.97. The lowest BCUT2D eigenvalue weighted by atomic mass is 10.1. The highest BCUT2D eigenvalue weighted by Crippen LogP contribution is 2.34. The van der Waals surface area contributed by atoms with Gasteiger partial charge in [-0.05, 0) is 38.2 Å². The molecule has 6 heteroatoms. The van der Waals surface area contributed by atoms with E-state index in [9.17, 15) is 13.2 Å². The smallest absolute Gasteiger partial charge is 0.397 e. The van der Waals surface area contributed by atoms with Crippen LogP contribution in [-0.2, 0) is 6.18 Å². The highest BCUT2D eigenvalue weighted by atomic mass is 19.4. The number of benzene rings is 1. The van der Waals surface area contributed by atoms with E-state index in [2.05, 4.69) is 13.8 Å². The number of nitrogen functional groups attached to an aromatic ring is 1. The first-order valence-corrected chi connectivity index (χ1v) is 6.97. The second kappa shape index (κ2) is 7.02. The zero-order chi connectivity index (χ0) is 16.2. The molecule has 21 heavy (non-hydrogen) atoms. The van der Waals surface area contributed by atoms with Crippen molar-refractivity contribution in [3.8, 4) is 0 Å². The summed E-state index contributed by atoms with van der Waals surface area (Å²) in [5.74, 6) is 0.397. The maximum atomic E-state index is 12.7. The molecule has 1 aromatic rings. The maximum Gasteiger partial charge on any atom is 0.416 e. The Hall–Kier alpha value is -1.43. The largest absolute Gasteiger partial charge is 0.416 e. The van der Waals surface area contributed by atoms with Crippen LogP contribution in [0.15, 0.2) is 18.2 Å². The highest BCUT2D eigenvalue weighted by Gasteiger charge is 2.31. The van der Waals surface area contributed by atoms with Crippen LogP contribution in [0.2, 0.25) is 0 Å². The van der Waals surface area contributed by atoms with Crippen molar-refractivity contribution in [3.05, 3.63) is 23.8 Å². The Bertz CT molecular complexity index is 456. The molecule has 0 aliphatic rings. The third-order valence-electron chi connectivity index (χ3n) is 3.10. The molecule has 0 aromatic heterocycles. The van der Waals surface area contributed by atoms with Gasteiger partial charge < -0.3 is 15.5 Å².